The van der Waals surface area contributed by atoms with E-state index in [2.05, 4.69) is 23.9 Å². The van der Waals surface area contributed by atoms with E-state index in [1.54, 1.807) is 25.1 Å². The predicted octanol–water partition coefficient (Wildman–Crippen LogP) is 3.76. The second kappa shape index (κ2) is 8.78. The molecule has 0 bridgehead atoms. The molecule has 5 nitrogen and oxygen atoms in total. The van der Waals surface area contributed by atoms with E-state index in [1.807, 2.05) is 24.3 Å². The largest absolute Gasteiger partial charge is 0.323 e. The van der Waals surface area contributed by atoms with Crippen molar-refractivity contribution in [1.82, 2.24) is 4.72 Å². The molecule has 0 radical (unpaired) electrons. The summed E-state index contributed by atoms with van der Waals surface area (Å²) in [4.78, 5) is 12.3. The number of carbonyl (C=O) groups is 1. The summed E-state index contributed by atoms with van der Waals surface area (Å²) in [5.74, 6) is 0.148. The minimum atomic E-state index is -3.46. The molecule has 0 aliphatic heterocycles. The van der Waals surface area contributed by atoms with Gasteiger partial charge in [-0.25, -0.2) is 13.1 Å². The molecule has 0 spiro atoms. The summed E-state index contributed by atoms with van der Waals surface area (Å²) >= 11 is 0. The molecule has 0 aliphatic carbocycles. The van der Waals surface area contributed by atoms with E-state index in [9.17, 15) is 13.2 Å². The van der Waals surface area contributed by atoms with Crippen LogP contribution in [0.4, 0.5) is 5.69 Å². The molecule has 2 aromatic carbocycles. The Morgan fingerprint density at radius 1 is 1.12 bits per heavy atom. The van der Waals surface area contributed by atoms with Crippen LogP contribution in [-0.2, 0) is 14.8 Å². The first-order valence-electron chi connectivity index (χ1n) is 8.50. The lowest BCUT2D eigenvalue weighted by atomic mass is 10.0. The molecule has 138 valence electrons. The normalized spacial score (nSPS) is 11.8. The van der Waals surface area contributed by atoms with Gasteiger partial charge in [0.1, 0.15) is 0 Å². The quantitative estimate of drug-likeness (QED) is 0.727. The summed E-state index contributed by atoms with van der Waals surface area (Å²) in [5, 5.41) is 2.83. The number of benzene rings is 2. The summed E-state index contributed by atoms with van der Waals surface area (Å²) in [6.45, 7) is 6.26. The Balaban J connectivity index is 2.03. The molecule has 2 rings (SSSR count). The maximum absolute atomic E-state index is 12.1. The Morgan fingerprint density at radius 3 is 2.42 bits per heavy atom. The molecule has 0 saturated heterocycles. The summed E-state index contributed by atoms with van der Waals surface area (Å²) in [6, 6.07) is 14.1. The van der Waals surface area contributed by atoms with Gasteiger partial charge in [0.05, 0.1) is 4.90 Å². The first-order chi connectivity index (χ1) is 12.3. The number of hydrogen-bond donors (Lipinski definition) is 2. The second-order valence-electron chi connectivity index (χ2n) is 6.17. The zero-order valence-corrected chi connectivity index (χ0v) is 16.0. The molecule has 2 aromatic rings. The van der Waals surface area contributed by atoms with Crippen molar-refractivity contribution < 1.29 is 13.2 Å². The molecule has 2 N–H and O–H groups in total. The van der Waals surface area contributed by atoms with E-state index in [0.29, 0.717) is 12.5 Å². The predicted molar refractivity (Wildman–Crippen MR) is 105 cm³/mol. The lowest BCUT2D eigenvalue weighted by Crippen LogP contribution is -2.22. The average molecular weight is 372 g/mol. The van der Waals surface area contributed by atoms with E-state index in [1.165, 1.54) is 18.2 Å². The van der Waals surface area contributed by atoms with Crippen LogP contribution < -0.4 is 10.0 Å². The van der Waals surface area contributed by atoms with Gasteiger partial charge < -0.3 is 5.32 Å². The van der Waals surface area contributed by atoms with Gasteiger partial charge in [0.25, 0.3) is 0 Å². The van der Waals surface area contributed by atoms with Crippen LogP contribution in [0.3, 0.4) is 0 Å². The van der Waals surface area contributed by atoms with Gasteiger partial charge >= 0.3 is 0 Å². The smallest absolute Gasteiger partial charge is 0.248 e. The number of sulfonamides is 1. The minimum absolute atomic E-state index is 0.200. The first-order valence-corrected chi connectivity index (χ1v) is 9.99. The molecule has 0 atom stereocenters. The van der Waals surface area contributed by atoms with Gasteiger partial charge in [-0.1, -0.05) is 45.0 Å². The van der Waals surface area contributed by atoms with Gasteiger partial charge in [-0.2, -0.15) is 0 Å². The van der Waals surface area contributed by atoms with Crippen LogP contribution >= 0.6 is 0 Å². The molecule has 0 saturated carbocycles. The van der Waals surface area contributed by atoms with E-state index in [4.69, 9.17) is 0 Å². The summed E-state index contributed by atoms with van der Waals surface area (Å²) in [5.41, 5.74) is 2.65. The summed E-state index contributed by atoms with van der Waals surface area (Å²) < 4.78 is 26.2. The number of carbonyl (C=O) groups excluding carboxylic acids is 1. The van der Waals surface area contributed by atoms with E-state index < -0.39 is 10.0 Å². The monoisotopic (exact) mass is 372 g/mol. The van der Waals surface area contributed by atoms with Crippen LogP contribution in [0, 0.1) is 0 Å². The number of hydrogen-bond acceptors (Lipinski definition) is 3. The van der Waals surface area contributed by atoms with E-state index in [-0.39, 0.29) is 10.8 Å². The molecule has 0 aromatic heterocycles. The zero-order chi connectivity index (χ0) is 19.2. The highest BCUT2D eigenvalue weighted by Crippen LogP contribution is 2.18. The third-order valence-electron chi connectivity index (χ3n) is 3.77. The maximum atomic E-state index is 12.1. The van der Waals surface area contributed by atoms with E-state index in [0.717, 1.165) is 16.8 Å². The van der Waals surface area contributed by atoms with Crippen LogP contribution in [0.1, 0.15) is 37.8 Å². The Bertz CT molecular complexity index is 886. The topological polar surface area (TPSA) is 75.3 Å². The van der Waals surface area contributed by atoms with Gasteiger partial charge in [0.15, 0.2) is 0 Å². The van der Waals surface area contributed by atoms with Crippen molar-refractivity contribution in [2.75, 3.05) is 11.9 Å². The number of nitrogens with one attached hydrogen (secondary N) is 2. The highest BCUT2D eigenvalue weighted by molar-refractivity contribution is 7.89. The van der Waals surface area contributed by atoms with Crippen LogP contribution in [0.5, 0.6) is 0 Å². The Morgan fingerprint density at radius 2 is 1.81 bits per heavy atom. The molecule has 0 aliphatic rings. The fourth-order valence-electron chi connectivity index (χ4n) is 2.36. The molecule has 6 heteroatoms. The molecular weight excluding hydrogens is 348 g/mol. The SMILES string of the molecule is CCNS(=O)(=O)c1ccc(/C=C/C(=O)Nc2cccc(C(C)C)c2)cc1. The van der Waals surface area contributed by atoms with Gasteiger partial charge in [-0.3, -0.25) is 4.79 Å². The number of rotatable bonds is 7. The van der Waals surface area contributed by atoms with Crippen molar-refractivity contribution in [1.29, 1.82) is 0 Å². The lowest BCUT2D eigenvalue weighted by molar-refractivity contribution is -0.111. The Hall–Kier alpha value is -2.44. The fourth-order valence-corrected chi connectivity index (χ4v) is 3.40. The molecule has 0 fully saturated rings. The third kappa shape index (κ3) is 5.54. The Labute approximate surface area is 155 Å². The van der Waals surface area contributed by atoms with Gasteiger partial charge in [-0.15, -0.1) is 0 Å². The van der Waals surface area contributed by atoms with Crippen molar-refractivity contribution in [2.45, 2.75) is 31.6 Å². The van der Waals surface area contributed by atoms with E-state index >= 15 is 0 Å². The maximum Gasteiger partial charge on any atom is 0.248 e. The molecule has 1 amide bonds. The van der Waals surface area contributed by atoms with Gasteiger partial charge in [0.2, 0.25) is 15.9 Å². The molecular formula is C20H24N2O3S. The highest BCUT2D eigenvalue weighted by atomic mass is 32.2. The molecule has 0 unspecified atom stereocenters. The molecule has 26 heavy (non-hydrogen) atoms. The average Bonchev–Trinajstić information content (AvgIpc) is 2.60. The summed E-state index contributed by atoms with van der Waals surface area (Å²) in [7, 11) is -3.46. The number of amides is 1. The van der Waals surface area contributed by atoms with Crippen molar-refractivity contribution in [3.05, 3.63) is 65.7 Å². The van der Waals surface area contributed by atoms with Crippen molar-refractivity contribution in [3.8, 4) is 0 Å². The first kappa shape index (κ1) is 19.9. The highest BCUT2D eigenvalue weighted by Gasteiger charge is 2.11. The number of anilines is 1. The molecule has 0 heterocycles. The van der Waals surface area contributed by atoms with Gasteiger partial charge in [0, 0.05) is 18.3 Å². The third-order valence-corrected chi connectivity index (χ3v) is 5.33. The van der Waals surface area contributed by atoms with Crippen molar-refractivity contribution in [2.24, 2.45) is 0 Å². The summed E-state index contributed by atoms with van der Waals surface area (Å²) in [6.07, 6.45) is 3.07. The van der Waals surface area contributed by atoms with Crippen LogP contribution in [-0.4, -0.2) is 20.9 Å². The van der Waals surface area contributed by atoms with Crippen molar-refractivity contribution in [3.63, 3.8) is 0 Å². The minimum Gasteiger partial charge on any atom is -0.323 e. The lowest BCUT2D eigenvalue weighted by Gasteiger charge is -2.08. The standard InChI is InChI=1S/C20H24N2O3S/c1-4-21-26(24,25)19-11-8-16(9-12-19)10-13-20(23)22-18-7-5-6-17(14-18)15(2)3/h5-15,21H,4H2,1-3H3,(H,22,23)/b13-10+. The second-order valence-corrected chi connectivity index (χ2v) is 7.94. The van der Waals surface area contributed by atoms with Crippen LogP contribution in [0.15, 0.2) is 59.5 Å². The van der Waals surface area contributed by atoms with Crippen LogP contribution in [0.25, 0.3) is 6.08 Å². The fraction of sp³-hybridized carbons (Fsp3) is 0.250. The zero-order valence-electron chi connectivity index (χ0n) is 15.2. The van der Waals surface area contributed by atoms with Gasteiger partial charge in [-0.05, 0) is 47.4 Å². The van der Waals surface area contributed by atoms with Crippen LogP contribution in [0.2, 0.25) is 0 Å². The Kier molecular flexibility index (Phi) is 6.71. The van der Waals surface area contributed by atoms with Crippen molar-refractivity contribution >= 4 is 27.7 Å².